The predicted octanol–water partition coefficient (Wildman–Crippen LogP) is 5.13. The molecule has 7 nitrogen and oxygen atoms in total. The van der Waals surface area contributed by atoms with Gasteiger partial charge in [-0.1, -0.05) is 79.3 Å². The molecule has 1 unspecified atom stereocenters. The first-order chi connectivity index (χ1) is 17.4. The third-order valence-corrected chi connectivity index (χ3v) is 8.09. The molecule has 1 aromatic heterocycles. The van der Waals surface area contributed by atoms with Gasteiger partial charge in [-0.15, -0.1) is 0 Å². The fourth-order valence-electron chi connectivity index (χ4n) is 3.44. The zero-order valence-electron chi connectivity index (χ0n) is 19.7. The van der Waals surface area contributed by atoms with Crippen LogP contribution in [0.3, 0.4) is 0 Å². The molecule has 0 spiro atoms. The minimum absolute atomic E-state index is 0.132. The van der Waals surface area contributed by atoms with Gasteiger partial charge in [0.15, 0.2) is 0 Å². The maximum absolute atomic E-state index is 12.9. The van der Waals surface area contributed by atoms with Crippen molar-refractivity contribution in [1.29, 1.82) is 0 Å². The highest BCUT2D eigenvalue weighted by Gasteiger charge is 2.20. The molecule has 2 N–H and O–H groups in total. The average Bonchev–Trinajstić information content (AvgIpc) is 2.92. The van der Waals surface area contributed by atoms with Crippen molar-refractivity contribution in [2.24, 2.45) is 0 Å². The number of rotatable bonds is 10. The van der Waals surface area contributed by atoms with Crippen LogP contribution in [0, 0.1) is 0 Å². The van der Waals surface area contributed by atoms with E-state index in [1.165, 1.54) is 30.2 Å². The number of carbonyl (C=O) groups is 1. The van der Waals surface area contributed by atoms with Crippen molar-refractivity contribution in [3.05, 3.63) is 103 Å². The zero-order valence-corrected chi connectivity index (χ0v) is 21.3. The Hall–Kier alpha value is -3.53. The highest BCUT2D eigenvalue weighted by molar-refractivity contribution is 8.00. The van der Waals surface area contributed by atoms with Gasteiger partial charge in [-0.2, -0.15) is 0 Å². The van der Waals surface area contributed by atoms with Crippen LogP contribution in [0.15, 0.2) is 107 Å². The van der Waals surface area contributed by atoms with E-state index in [-0.39, 0.29) is 22.6 Å². The Kier molecular flexibility index (Phi) is 8.48. The van der Waals surface area contributed by atoms with E-state index in [2.05, 4.69) is 20.0 Å². The summed E-state index contributed by atoms with van der Waals surface area (Å²) in [5, 5.41) is 3.21. The number of nitrogens with zero attached hydrogens (tertiary/aromatic N) is 2. The molecule has 3 aromatic carbocycles. The van der Waals surface area contributed by atoms with E-state index in [1.807, 2.05) is 73.7 Å². The molecule has 4 aromatic rings. The normalized spacial score (nSPS) is 12.1. The first-order valence-electron chi connectivity index (χ1n) is 11.4. The molecule has 184 valence electrons. The molecular formula is C27H26N4O3S2. The molecule has 36 heavy (non-hydrogen) atoms. The van der Waals surface area contributed by atoms with Crippen molar-refractivity contribution >= 4 is 33.4 Å². The summed E-state index contributed by atoms with van der Waals surface area (Å²) in [6.07, 6.45) is 2.09. The quantitative estimate of drug-likeness (QED) is 0.223. The topological polar surface area (TPSA) is 101 Å². The molecule has 4 rings (SSSR count). The van der Waals surface area contributed by atoms with Gasteiger partial charge >= 0.3 is 0 Å². The van der Waals surface area contributed by atoms with Crippen LogP contribution < -0.4 is 10.0 Å². The number of nitrogens with one attached hydrogen (secondary N) is 2. The lowest BCUT2D eigenvalue weighted by Gasteiger charge is -2.15. The predicted molar refractivity (Wildman–Crippen MR) is 143 cm³/mol. The van der Waals surface area contributed by atoms with Crippen LogP contribution in [0.2, 0.25) is 0 Å². The molecular weight excluding hydrogens is 492 g/mol. The Bertz CT molecular complexity index is 1400. The van der Waals surface area contributed by atoms with E-state index < -0.39 is 10.0 Å². The molecule has 0 bridgehead atoms. The minimum atomic E-state index is -3.67. The lowest BCUT2D eigenvalue weighted by molar-refractivity contribution is -0.115. The van der Waals surface area contributed by atoms with E-state index in [9.17, 15) is 13.2 Å². The number of amides is 1. The molecule has 0 fully saturated rings. The van der Waals surface area contributed by atoms with Gasteiger partial charge in [-0.25, -0.2) is 23.1 Å². The molecule has 0 aliphatic carbocycles. The van der Waals surface area contributed by atoms with Crippen LogP contribution >= 0.6 is 11.8 Å². The van der Waals surface area contributed by atoms with Gasteiger partial charge in [-0.05, 0) is 42.3 Å². The van der Waals surface area contributed by atoms with Crippen molar-refractivity contribution in [2.75, 3.05) is 5.32 Å². The van der Waals surface area contributed by atoms with E-state index >= 15 is 0 Å². The maximum Gasteiger partial charge on any atom is 0.240 e. The Morgan fingerprint density at radius 1 is 0.917 bits per heavy atom. The van der Waals surface area contributed by atoms with Gasteiger partial charge in [0, 0.05) is 17.8 Å². The van der Waals surface area contributed by atoms with Gasteiger partial charge in [-0.3, -0.25) is 4.79 Å². The number of hydrogen-bond donors (Lipinski definition) is 2. The second-order valence-corrected chi connectivity index (χ2v) is 10.9. The number of thioether (sulfide) groups is 1. The summed E-state index contributed by atoms with van der Waals surface area (Å²) < 4.78 is 27.8. The van der Waals surface area contributed by atoms with Gasteiger partial charge in [0.05, 0.1) is 15.8 Å². The number of hydrogen-bond acceptors (Lipinski definition) is 6. The molecule has 0 saturated carbocycles. The Labute approximate surface area is 215 Å². The van der Waals surface area contributed by atoms with Crippen LogP contribution in [0.5, 0.6) is 0 Å². The second kappa shape index (κ2) is 11.9. The van der Waals surface area contributed by atoms with E-state index in [4.69, 9.17) is 0 Å². The standard InChI is InChI=1S/C27H26N4O3S2/c1-2-25(35-26-17-24(28-19-29-26)21-11-7-4-8-12-21)27(32)31-22-13-15-23(16-14-22)36(33,34)30-18-20-9-5-3-6-10-20/h3-17,19,25,30H,2,18H2,1H3,(H,31,32). The van der Waals surface area contributed by atoms with Crippen molar-refractivity contribution in [2.45, 2.75) is 35.1 Å². The maximum atomic E-state index is 12.9. The highest BCUT2D eigenvalue weighted by Crippen LogP contribution is 2.27. The average molecular weight is 519 g/mol. The summed E-state index contributed by atoms with van der Waals surface area (Å²) in [5.41, 5.74) is 3.16. The highest BCUT2D eigenvalue weighted by atomic mass is 32.2. The zero-order chi connectivity index (χ0) is 25.4. The van der Waals surface area contributed by atoms with E-state index in [0.717, 1.165) is 16.8 Å². The van der Waals surface area contributed by atoms with Crippen molar-refractivity contribution in [1.82, 2.24) is 14.7 Å². The van der Waals surface area contributed by atoms with Gasteiger partial charge in [0.1, 0.15) is 11.4 Å². The molecule has 0 aliphatic heterocycles. The van der Waals surface area contributed by atoms with Gasteiger partial charge < -0.3 is 5.32 Å². The molecule has 0 radical (unpaired) electrons. The molecule has 1 heterocycles. The molecule has 1 atom stereocenters. The molecule has 9 heteroatoms. The monoisotopic (exact) mass is 518 g/mol. The first kappa shape index (κ1) is 25.6. The summed E-state index contributed by atoms with van der Waals surface area (Å²) in [4.78, 5) is 21.7. The fourth-order valence-corrected chi connectivity index (χ4v) is 5.37. The third kappa shape index (κ3) is 6.78. The van der Waals surface area contributed by atoms with Crippen LogP contribution in [0.25, 0.3) is 11.3 Å². The van der Waals surface area contributed by atoms with Gasteiger partial charge in [0.2, 0.25) is 15.9 Å². The summed E-state index contributed by atoms with van der Waals surface area (Å²) in [6, 6.07) is 27.1. The largest absolute Gasteiger partial charge is 0.325 e. The molecule has 0 saturated heterocycles. The van der Waals surface area contributed by atoms with Gasteiger partial charge in [0.25, 0.3) is 0 Å². The van der Waals surface area contributed by atoms with Crippen LogP contribution in [0.4, 0.5) is 5.69 Å². The minimum Gasteiger partial charge on any atom is -0.325 e. The van der Waals surface area contributed by atoms with Crippen molar-refractivity contribution in [3.63, 3.8) is 0 Å². The third-order valence-electron chi connectivity index (χ3n) is 5.38. The lowest BCUT2D eigenvalue weighted by Crippen LogP contribution is -2.25. The number of aromatic nitrogens is 2. The summed E-state index contributed by atoms with van der Waals surface area (Å²) in [5.74, 6) is -0.180. The van der Waals surface area contributed by atoms with E-state index in [0.29, 0.717) is 17.1 Å². The summed E-state index contributed by atoms with van der Waals surface area (Å²) >= 11 is 1.37. The van der Waals surface area contributed by atoms with Crippen molar-refractivity contribution < 1.29 is 13.2 Å². The Morgan fingerprint density at radius 2 is 1.58 bits per heavy atom. The SMILES string of the molecule is CCC(Sc1cc(-c2ccccc2)ncn1)C(=O)Nc1ccc(S(=O)(=O)NCc2ccccc2)cc1. The number of sulfonamides is 1. The fraction of sp³-hybridized carbons (Fsp3) is 0.148. The molecule has 1 amide bonds. The van der Waals surface area contributed by atoms with Crippen molar-refractivity contribution in [3.8, 4) is 11.3 Å². The number of anilines is 1. The number of benzene rings is 3. The Balaban J connectivity index is 1.38. The Morgan fingerprint density at radius 3 is 2.25 bits per heavy atom. The summed E-state index contributed by atoms with van der Waals surface area (Å²) in [7, 11) is -3.67. The smallest absolute Gasteiger partial charge is 0.240 e. The summed E-state index contributed by atoms with van der Waals surface area (Å²) in [6.45, 7) is 2.14. The second-order valence-electron chi connectivity index (χ2n) is 7.95. The van der Waals surface area contributed by atoms with Crippen LogP contribution in [-0.4, -0.2) is 29.5 Å². The lowest BCUT2D eigenvalue weighted by atomic mass is 10.1. The van der Waals surface area contributed by atoms with E-state index in [1.54, 1.807) is 12.1 Å². The first-order valence-corrected chi connectivity index (χ1v) is 13.8. The molecule has 0 aliphatic rings. The van der Waals surface area contributed by atoms with Crippen LogP contribution in [-0.2, 0) is 21.4 Å². The number of carbonyl (C=O) groups excluding carboxylic acids is 1. The van der Waals surface area contributed by atoms with Crippen LogP contribution in [0.1, 0.15) is 18.9 Å².